The molecular formula is C24H21ClF2N6O. The lowest BCUT2D eigenvalue weighted by atomic mass is 10.1. The highest BCUT2D eigenvalue weighted by atomic mass is 35.5. The normalized spacial score (nSPS) is 14.1. The molecule has 34 heavy (non-hydrogen) atoms. The number of imidazole rings is 1. The van der Waals surface area contributed by atoms with E-state index in [0.717, 1.165) is 31.5 Å². The second-order valence-electron chi connectivity index (χ2n) is 8.43. The van der Waals surface area contributed by atoms with Crippen LogP contribution in [0.3, 0.4) is 0 Å². The summed E-state index contributed by atoms with van der Waals surface area (Å²) in [6.07, 6.45) is 4.45. The first kappa shape index (κ1) is 22.2. The molecule has 2 aromatic carbocycles. The Labute approximate surface area is 198 Å². The van der Waals surface area contributed by atoms with Crippen molar-refractivity contribution in [3.63, 3.8) is 0 Å². The van der Waals surface area contributed by atoms with E-state index in [2.05, 4.69) is 25.3 Å². The Kier molecular flexibility index (Phi) is 5.87. The molecule has 0 saturated heterocycles. The Morgan fingerprint density at radius 1 is 1.12 bits per heavy atom. The van der Waals surface area contributed by atoms with Gasteiger partial charge in [0.15, 0.2) is 11.3 Å². The van der Waals surface area contributed by atoms with Crippen LogP contribution in [0.2, 0.25) is 5.02 Å². The van der Waals surface area contributed by atoms with Crippen molar-refractivity contribution >= 4 is 40.0 Å². The van der Waals surface area contributed by atoms with Gasteiger partial charge in [-0.25, -0.2) is 23.7 Å². The van der Waals surface area contributed by atoms with Crippen molar-refractivity contribution in [3.05, 3.63) is 76.0 Å². The molecule has 1 amide bonds. The molecule has 1 aliphatic carbocycles. The van der Waals surface area contributed by atoms with Crippen molar-refractivity contribution in [2.45, 2.75) is 38.0 Å². The van der Waals surface area contributed by atoms with Gasteiger partial charge in [0.2, 0.25) is 0 Å². The second-order valence-corrected chi connectivity index (χ2v) is 8.87. The smallest absolute Gasteiger partial charge is 0.269 e. The zero-order valence-electron chi connectivity index (χ0n) is 18.0. The number of benzene rings is 2. The maximum absolute atomic E-state index is 14.3. The molecule has 4 aromatic rings. The maximum atomic E-state index is 14.3. The number of carbonyl (C=O) groups is 1. The van der Waals surface area contributed by atoms with Crippen molar-refractivity contribution in [2.75, 3.05) is 5.32 Å². The van der Waals surface area contributed by atoms with Crippen LogP contribution >= 0.6 is 11.6 Å². The van der Waals surface area contributed by atoms with E-state index >= 15 is 0 Å². The summed E-state index contributed by atoms with van der Waals surface area (Å²) in [5.41, 5.74) is 7.42. The number of nitrogens with zero attached hydrogens (tertiary/aromatic N) is 3. The van der Waals surface area contributed by atoms with Crippen LogP contribution in [0.4, 0.5) is 20.2 Å². The van der Waals surface area contributed by atoms with Crippen molar-refractivity contribution < 1.29 is 13.6 Å². The highest BCUT2D eigenvalue weighted by Crippen LogP contribution is 2.33. The van der Waals surface area contributed by atoms with Crippen molar-refractivity contribution in [2.24, 2.45) is 5.73 Å². The number of rotatable bonds is 6. The summed E-state index contributed by atoms with van der Waals surface area (Å²) in [4.78, 5) is 28.7. The molecule has 0 bridgehead atoms. The SMILES string of the molecule is NC(=O)c1nc(Cc2cc(F)cc(Nc3ccc(Cl)cc3F)c2)nc2nc(C3CCCC3)[nH]c12. The van der Waals surface area contributed by atoms with Crippen LogP contribution < -0.4 is 11.1 Å². The van der Waals surface area contributed by atoms with E-state index in [-0.39, 0.29) is 28.6 Å². The van der Waals surface area contributed by atoms with Crippen LogP contribution in [0.1, 0.15) is 59.3 Å². The average Bonchev–Trinajstić information content (AvgIpc) is 3.44. The summed E-state index contributed by atoms with van der Waals surface area (Å²) in [6.45, 7) is 0. The lowest BCUT2D eigenvalue weighted by Crippen LogP contribution is -2.16. The first-order valence-corrected chi connectivity index (χ1v) is 11.3. The Hall–Kier alpha value is -3.59. The fraction of sp³-hybridized carbons (Fsp3) is 0.250. The summed E-state index contributed by atoms with van der Waals surface area (Å²) in [7, 11) is 0. The van der Waals surface area contributed by atoms with Gasteiger partial charge in [-0.1, -0.05) is 24.4 Å². The number of halogens is 3. The van der Waals surface area contributed by atoms with E-state index in [0.29, 0.717) is 28.3 Å². The number of carbonyl (C=O) groups excluding carboxylic acids is 1. The third-order valence-corrected chi connectivity index (χ3v) is 6.16. The van der Waals surface area contributed by atoms with Crippen LogP contribution in [0.25, 0.3) is 11.2 Å². The molecule has 0 radical (unpaired) electrons. The summed E-state index contributed by atoms with van der Waals surface area (Å²) in [5.74, 6) is -0.425. The van der Waals surface area contributed by atoms with E-state index in [1.165, 1.54) is 30.3 Å². The molecule has 0 unspecified atom stereocenters. The topological polar surface area (TPSA) is 110 Å². The van der Waals surface area contributed by atoms with Gasteiger partial charge in [0.1, 0.15) is 28.8 Å². The molecule has 7 nitrogen and oxygen atoms in total. The van der Waals surface area contributed by atoms with Crippen LogP contribution in [0.15, 0.2) is 36.4 Å². The summed E-state index contributed by atoms with van der Waals surface area (Å²) in [6, 6.07) is 8.40. The zero-order chi connectivity index (χ0) is 23.8. The summed E-state index contributed by atoms with van der Waals surface area (Å²) in [5, 5.41) is 3.11. The van der Waals surface area contributed by atoms with Crippen molar-refractivity contribution in [1.29, 1.82) is 0 Å². The molecule has 2 aromatic heterocycles. The third-order valence-electron chi connectivity index (χ3n) is 5.92. The number of amides is 1. The fourth-order valence-corrected chi connectivity index (χ4v) is 4.52. The van der Waals surface area contributed by atoms with Crippen LogP contribution in [0, 0.1) is 11.6 Å². The molecule has 1 saturated carbocycles. The van der Waals surface area contributed by atoms with Gasteiger partial charge in [-0.15, -0.1) is 0 Å². The van der Waals surface area contributed by atoms with Gasteiger partial charge in [-0.2, -0.15) is 0 Å². The largest absolute Gasteiger partial charge is 0.364 e. The second kappa shape index (κ2) is 8.98. The minimum absolute atomic E-state index is 0.0507. The molecule has 0 spiro atoms. The van der Waals surface area contributed by atoms with Gasteiger partial charge in [-0.3, -0.25) is 4.79 Å². The van der Waals surface area contributed by atoms with Crippen LogP contribution in [-0.2, 0) is 6.42 Å². The zero-order valence-corrected chi connectivity index (χ0v) is 18.8. The number of aromatic nitrogens is 4. The number of H-pyrrole nitrogens is 1. The van der Waals surface area contributed by atoms with E-state index in [1.54, 1.807) is 6.07 Å². The van der Waals surface area contributed by atoms with Crippen molar-refractivity contribution in [3.8, 4) is 0 Å². The van der Waals surface area contributed by atoms with E-state index in [4.69, 9.17) is 17.3 Å². The van der Waals surface area contributed by atoms with Gasteiger partial charge in [0.25, 0.3) is 5.91 Å². The van der Waals surface area contributed by atoms with Gasteiger partial charge < -0.3 is 16.0 Å². The number of hydrogen-bond acceptors (Lipinski definition) is 5. The standard InChI is InChI=1S/C24H21ClF2N6O/c25-14-5-6-18(17(27)10-14)29-16-8-12(7-15(26)11-16)9-19-30-20(22(28)34)21-24(31-19)33-23(32-21)13-3-1-2-4-13/h5-8,10-11,13,29H,1-4,9H2,(H2,28,34)(H,30,31,32,33). The predicted molar refractivity (Wildman–Crippen MR) is 125 cm³/mol. The average molecular weight is 483 g/mol. The van der Waals surface area contributed by atoms with Crippen LogP contribution in [0.5, 0.6) is 0 Å². The molecule has 1 fully saturated rings. The molecule has 174 valence electrons. The molecule has 0 atom stereocenters. The first-order chi connectivity index (χ1) is 16.4. The lowest BCUT2D eigenvalue weighted by Gasteiger charge is -2.10. The molecule has 2 heterocycles. The summed E-state index contributed by atoms with van der Waals surface area (Å²) < 4.78 is 28.5. The number of nitrogens with two attached hydrogens (primary N) is 1. The number of fused-ring (bicyclic) bond motifs is 1. The fourth-order valence-electron chi connectivity index (χ4n) is 4.36. The van der Waals surface area contributed by atoms with Gasteiger partial charge in [-0.05, 0) is 54.8 Å². The Balaban J connectivity index is 1.46. The highest BCUT2D eigenvalue weighted by molar-refractivity contribution is 6.30. The summed E-state index contributed by atoms with van der Waals surface area (Å²) >= 11 is 5.79. The maximum Gasteiger partial charge on any atom is 0.269 e. The minimum Gasteiger partial charge on any atom is -0.364 e. The Morgan fingerprint density at radius 3 is 2.65 bits per heavy atom. The highest BCUT2D eigenvalue weighted by Gasteiger charge is 2.23. The molecule has 0 aliphatic heterocycles. The number of primary amides is 1. The Morgan fingerprint density at radius 2 is 1.91 bits per heavy atom. The first-order valence-electron chi connectivity index (χ1n) is 10.9. The molecule has 4 N–H and O–H groups in total. The molecular weight excluding hydrogens is 462 g/mol. The quantitative estimate of drug-likeness (QED) is 0.342. The third kappa shape index (κ3) is 4.56. The van der Waals surface area contributed by atoms with Gasteiger partial charge in [0, 0.05) is 23.0 Å². The monoisotopic (exact) mass is 482 g/mol. The minimum atomic E-state index is -0.699. The van der Waals surface area contributed by atoms with E-state index < -0.39 is 17.5 Å². The predicted octanol–water partition coefficient (Wildman–Crippen LogP) is 5.38. The van der Waals surface area contributed by atoms with Gasteiger partial charge >= 0.3 is 0 Å². The van der Waals surface area contributed by atoms with E-state index in [1.807, 2.05) is 0 Å². The lowest BCUT2D eigenvalue weighted by molar-refractivity contribution is 0.0996. The molecule has 1 aliphatic rings. The van der Waals surface area contributed by atoms with Crippen LogP contribution in [-0.4, -0.2) is 25.8 Å². The van der Waals surface area contributed by atoms with Gasteiger partial charge in [0.05, 0.1) is 5.69 Å². The Bertz CT molecular complexity index is 1400. The number of aromatic amines is 1. The molecule has 10 heteroatoms. The van der Waals surface area contributed by atoms with E-state index in [9.17, 15) is 13.6 Å². The number of nitrogens with one attached hydrogen (secondary N) is 2. The number of hydrogen-bond donors (Lipinski definition) is 3. The van der Waals surface area contributed by atoms with Crippen molar-refractivity contribution in [1.82, 2.24) is 19.9 Å². The molecule has 5 rings (SSSR count). The number of anilines is 2.